The van der Waals surface area contributed by atoms with Crippen molar-refractivity contribution in [2.45, 2.75) is 18.4 Å². The van der Waals surface area contributed by atoms with Crippen LogP contribution >= 0.6 is 0 Å². The third-order valence-electron chi connectivity index (χ3n) is 4.52. The molecule has 0 aliphatic carbocycles. The summed E-state index contributed by atoms with van der Waals surface area (Å²) in [5.41, 5.74) is 0.457. The van der Waals surface area contributed by atoms with Gasteiger partial charge < -0.3 is 10.1 Å². The predicted octanol–water partition coefficient (Wildman–Crippen LogP) is 2.24. The van der Waals surface area contributed by atoms with E-state index in [0.29, 0.717) is 12.0 Å². The maximum Gasteiger partial charge on any atom is 0.325 e. The van der Waals surface area contributed by atoms with Gasteiger partial charge in [0.15, 0.2) is 5.54 Å². The number of hydrogen-bond donors (Lipinski definition) is 1. The van der Waals surface area contributed by atoms with Gasteiger partial charge in [0.05, 0.1) is 13.5 Å². The van der Waals surface area contributed by atoms with Crippen molar-refractivity contribution in [1.82, 2.24) is 10.2 Å². The van der Waals surface area contributed by atoms with E-state index in [2.05, 4.69) is 10.1 Å². The summed E-state index contributed by atoms with van der Waals surface area (Å²) in [4.78, 5) is 38.2. The highest BCUT2D eigenvalue weighted by atomic mass is 16.5. The van der Waals surface area contributed by atoms with E-state index < -0.39 is 17.5 Å². The van der Waals surface area contributed by atoms with Gasteiger partial charge in [-0.1, -0.05) is 60.7 Å². The van der Waals surface area contributed by atoms with Crippen LogP contribution in [0.4, 0.5) is 4.79 Å². The van der Waals surface area contributed by atoms with Gasteiger partial charge in [0.25, 0.3) is 5.91 Å². The number of amides is 3. The molecule has 0 saturated carbocycles. The normalized spacial score (nSPS) is 19.3. The summed E-state index contributed by atoms with van der Waals surface area (Å²) < 4.78 is 4.60. The Morgan fingerprint density at radius 3 is 2.27 bits per heavy atom. The first-order valence-electron chi connectivity index (χ1n) is 8.37. The third kappa shape index (κ3) is 3.31. The van der Waals surface area contributed by atoms with Crippen LogP contribution in [-0.4, -0.2) is 36.5 Å². The van der Waals surface area contributed by atoms with Crippen LogP contribution in [0.2, 0.25) is 0 Å². The summed E-state index contributed by atoms with van der Waals surface area (Å²) in [6, 6.07) is 18.2. The summed E-state index contributed by atoms with van der Waals surface area (Å²) in [5.74, 6) is -0.827. The fraction of sp³-hybridized carbons (Fsp3) is 0.250. The molecular formula is C20H20N2O4. The van der Waals surface area contributed by atoms with Crippen LogP contribution < -0.4 is 5.32 Å². The van der Waals surface area contributed by atoms with E-state index in [1.807, 2.05) is 60.7 Å². The number of esters is 1. The quantitative estimate of drug-likeness (QED) is 0.639. The molecule has 2 aromatic carbocycles. The van der Waals surface area contributed by atoms with Crippen molar-refractivity contribution in [3.05, 3.63) is 71.8 Å². The molecule has 2 aromatic rings. The third-order valence-corrected chi connectivity index (χ3v) is 4.52. The van der Waals surface area contributed by atoms with Crippen molar-refractivity contribution in [1.29, 1.82) is 0 Å². The molecule has 26 heavy (non-hydrogen) atoms. The average Bonchev–Trinajstić information content (AvgIpc) is 2.92. The zero-order valence-electron chi connectivity index (χ0n) is 14.5. The van der Waals surface area contributed by atoms with E-state index >= 15 is 0 Å². The Kier molecular flexibility index (Phi) is 5.02. The zero-order valence-corrected chi connectivity index (χ0v) is 14.5. The molecule has 1 N–H and O–H groups in total. The lowest BCUT2D eigenvalue weighted by Gasteiger charge is -2.27. The van der Waals surface area contributed by atoms with E-state index in [9.17, 15) is 14.4 Å². The molecule has 0 aromatic heterocycles. The van der Waals surface area contributed by atoms with Crippen LogP contribution in [0.15, 0.2) is 60.7 Å². The SMILES string of the molecule is COC(=O)CCN1C(=O)N[C@@](Cc2ccccc2)(c2ccccc2)C1=O. The van der Waals surface area contributed by atoms with Crippen molar-refractivity contribution >= 4 is 17.9 Å². The maximum atomic E-state index is 13.2. The average molecular weight is 352 g/mol. The van der Waals surface area contributed by atoms with Gasteiger partial charge in [0.2, 0.25) is 0 Å². The standard InChI is InChI=1S/C20H20N2O4/c1-26-17(23)12-13-22-18(24)20(21-19(22)25,16-10-6-3-7-11-16)14-15-8-4-2-5-9-15/h2-11H,12-14H2,1H3,(H,21,25)/t20-/m0/s1. The van der Waals surface area contributed by atoms with Crippen LogP contribution in [0.25, 0.3) is 0 Å². The second kappa shape index (κ2) is 7.39. The van der Waals surface area contributed by atoms with E-state index in [1.165, 1.54) is 7.11 Å². The van der Waals surface area contributed by atoms with Crippen molar-refractivity contribution < 1.29 is 19.1 Å². The molecule has 0 unspecified atom stereocenters. The zero-order chi connectivity index (χ0) is 18.6. The van der Waals surface area contributed by atoms with Crippen molar-refractivity contribution in [3.63, 3.8) is 0 Å². The molecule has 1 aliphatic rings. The Morgan fingerprint density at radius 2 is 1.65 bits per heavy atom. The van der Waals surface area contributed by atoms with Crippen LogP contribution in [0, 0.1) is 0 Å². The summed E-state index contributed by atoms with van der Waals surface area (Å²) >= 11 is 0. The molecule has 3 amide bonds. The van der Waals surface area contributed by atoms with Gasteiger partial charge in [-0.3, -0.25) is 14.5 Å². The van der Waals surface area contributed by atoms with Crippen molar-refractivity contribution in [3.8, 4) is 0 Å². The smallest absolute Gasteiger partial charge is 0.325 e. The van der Waals surface area contributed by atoms with Crippen LogP contribution in [0.1, 0.15) is 17.5 Å². The number of nitrogens with one attached hydrogen (secondary N) is 1. The van der Waals surface area contributed by atoms with Gasteiger partial charge in [-0.05, 0) is 11.1 Å². The predicted molar refractivity (Wildman–Crippen MR) is 95.1 cm³/mol. The number of nitrogens with zero attached hydrogens (tertiary/aromatic N) is 1. The topological polar surface area (TPSA) is 75.7 Å². The van der Waals surface area contributed by atoms with Gasteiger partial charge in [-0.2, -0.15) is 0 Å². The minimum Gasteiger partial charge on any atom is -0.469 e. The highest BCUT2D eigenvalue weighted by molar-refractivity contribution is 6.07. The number of rotatable bonds is 6. The summed E-state index contributed by atoms with van der Waals surface area (Å²) in [7, 11) is 1.28. The first kappa shape index (κ1) is 17.7. The molecule has 1 aliphatic heterocycles. The van der Waals surface area contributed by atoms with Gasteiger partial charge in [0.1, 0.15) is 0 Å². The van der Waals surface area contributed by atoms with Crippen LogP contribution in [0.3, 0.4) is 0 Å². The lowest BCUT2D eigenvalue weighted by Crippen LogP contribution is -2.46. The fourth-order valence-electron chi connectivity index (χ4n) is 3.18. The van der Waals surface area contributed by atoms with Crippen LogP contribution in [-0.2, 0) is 26.3 Å². The Hall–Kier alpha value is -3.15. The molecule has 0 radical (unpaired) electrons. The molecule has 1 atom stereocenters. The molecule has 134 valence electrons. The lowest BCUT2D eigenvalue weighted by molar-refractivity contribution is -0.141. The van der Waals surface area contributed by atoms with E-state index in [4.69, 9.17) is 0 Å². The summed E-state index contributed by atoms with van der Waals surface area (Å²) in [5, 5.41) is 2.86. The Bertz CT molecular complexity index is 807. The Labute approximate surface area is 151 Å². The van der Waals surface area contributed by atoms with Gasteiger partial charge in [0, 0.05) is 13.0 Å². The lowest BCUT2D eigenvalue weighted by atomic mass is 9.83. The first-order chi connectivity index (χ1) is 12.6. The number of methoxy groups -OCH3 is 1. The number of ether oxygens (including phenoxy) is 1. The van der Waals surface area contributed by atoms with Crippen molar-refractivity contribution in [2.75, 3.05) is 13.7 Å². The highest BCUT2D eigenvalue weighted by Gasteiger charge is 2.52. The monoisotopic (exact) mass is 352 g/mol. The number of urea groups is 1. The minimum atomic E-state index is -1.18. The minimum absolute atomic E-state index is 0.0132. The summed E-state index contributed by atoms with van der Waals surface area (Å²) in [6.45, 7) is -0.0132. The molecule has 0 bridgehead atoms. The maximum absolute atomic E-state index is 13.2. The van der Waals surface area contributed by atoms with E-state index in [-0.39, 0.29) is 18.9 Å². The second-order valence-electron chi connectivity index (χ2n) is 6.15. The first-order valence-corrected chi connectivity index (χ1v) is 8.37. The van der Waals surface area contributed by atoms with Gasteiger partial charge >= 0.3 is 12.0 Å². The Morgan fingerprint density at radius 1 is 1.04 bits per heavy atom. The molecule has 1 heterocycles. The second-order valence-corrected chi connectivity index (χ2v) is 6.15. The summed E-state index contributed by atoms with van der Waals surface area (Å²) in [6.07, 6.45) is 0.295. The number of carbonyl (C=O) groups excluding carboxylic acids is 3. The van der Waals surface area contributed by atoms with Crippen molar-refractivity contribution in [2.24, 2.45) is 0 Å². The molecule has 3 rings (SSSR count). The van der Waals surface area contributed by atoms with Gasteiger partial charge in [-0.15, -0.1) is 0 Å². The number of benzene rings is 2. The Balaban J connectivity index is 1.95. The molecule has 6 nitrogen and oxygen atoms in total. The van der Waals surface area contributed by atoms with E-state index in [0.717, 1.165) is 10.5 Å². The van der Waals surface area contributed by atoms with E-state index in [1.54, 1.807) is 0 Å². The van der Waals surface area contributed by atoms with Gasteiger partial charge in [-0.25, -0.2) is 4.79 Å². The van der Waals surface area contributed by atoms with Crippen LogP contribution in [0.5, 0.6) is 0 Å². The highest BCUT2D eigenvalue weighted by Crippen LogP contribution is 2.33. The number of imide groups is 1. The number of carbonyl (C=O) groups is 3. The molecule has 6 heteroatoms. The molecule has 1 saturated heterocycles. The molecule has 1 fully saturated rings. The molecule has 0 spiro atoms. The fourth-order valence-corrected chi connectivity index (χ4v) is 3.18. The largest absolute Gasteiger partial charge is 0.469 e. The molecular weight excluding hydrogens is 332 g/mol. The number of hydrogen-bond acceptors (Lipinski definition) is 4.